The Morgan fingerprint density at radius 3 is 2.72 bits per heavy atom. The van der Waals surface area contributed by atoms with Gasteiger partial charge in [-0.3, -0.25) is 4.79 Å². The zero-order valence-electron chi connectivity index (χ0n) is 11.1. The van der Waals surface area contributed by atoms with Gasteiger partial charge in [-0.1, -0.05) is 26.2 Å². The van der Waals surface area contributed by atoms with E-state index in [-0.39, 0.29) is 17.7 Å². The zero-order valence-corrected chi connectivity index (χ0v) is 11.1. The lowest BCUT2D eigenvalue weighted by Crippen LogP contribution is -2.52. The maximum atomic E-state index is 12.3. The van der Waals surface area contributed by atoms with Crippen LogP contribution in [0.25, 0.3) is 0 Å². The second-order valence-electron chi connectivity index (χ2n) is 5.69. The van der Waals surface area contributed by atoms with Crippen LogP contribution in [0.2, 0.25) is 0 Å². The van der Waals surface area contributed by atoms with Crippen LogP contribution in [0.1, 0.15) is 45.4 Å². The van der Waals surface area contributed by atoms with Crippen molar-refractivity contribution in [3.05, 3.63) is 0 Å². The van der Waals surface area contributed by atoms with Crippen LogP contribution in [0.4, 0.5) is 0 Å². The smallest absolute Gasteiger partial charge is 0.224 e. The van der Waals surface area contributed by atoms with E-state index in [1.54, 1.807) is 0 Å². The third-order valence-electron chi connectivity index (χ3n) is 4.26. The number of nitriles is 1. The number of carbonyl (C=O) groups excluding carboxylic acids is 1. The SMILES string of the molecule is CC1COCCC1C(=O)NC1(C#N)CCCCC1. The summed E-state index contributed by atoms with van der Waals surface area (Å²) in [5.41, 5.74) is -0.604. The Morgan fingerprint density at radius 2 is 2.11 bits per heavy atom. The van der Waals surface area contributed by atoms with Gasteiger partial charge in [0.1, 0.15) is 5.54 Å². The summed E-state index contributed by atoms with van der Waals surface area (Å²) in [6.45, 7) is 3.35. The molecule has 18 heavy (non-hydrogen) atoms. The predicted octanol–water partition coefficient (Wildman–Crippen LogP) is 2.00. The number of amides is 1. The summed E-state index contributed by atoms with van der Waals surface area (Å²) >= 11 is 0. The molecule has 4 nitrogen and oxygen atoms in total. The number of hydrogen-bond donors (Lipinski definition) is 1. The summed E-state index contributed by atoms with van der Waals surface area (Å²) in [6, 6.07) is 2.34. The molecule has 2 rings (SSSR count). The van der Waals surface area contributed by atoms with E-state index in [2.05, 4.69) is 11.4 Å². The van der Waals surface area contributed by atoms with Crippen molar-refractivity contribution in [3.63, 3.8) is 0 Å². The molecule has 1 aliphatic heterocycles. The number of nitrogens with one attached hydrogen (secondary N) is 1. The highest BCUT2D eigenvalue weighted by atomic mass is 16.5. The Bertz CT molecular complexity index is 342. The normalized spacial score (nSPS) is 31.3. The van der Waals surface area contributed by atoms with Crippen LogP contribution in [0, 0.1) is 23.2 Å². The molecule has 1 aliphatic carbocycles. The van der Waals surface area contributed by atoms with Crippen molar-refractivity contribution in [3.8, 4) is 6.07 Å². The summed E-state index contributed by atoms with van der Waals surface area (Å²) in [5, 5.41) is 12.4. The molecular formula is C14H22N2O2. The van der Waals surface area contributed by atoms with Crippen molar-refractivity contribution >= 4 is 5.91 Å². The Hall–Kier alpha value is -1.08. The summed E-state index contributed by atoms with van der Waals surface area (Å²) in [4.78, 5) is 12.3. The molecule has 100 valence electrons. The second kappa shape index (κ2) is 5.71. The van der Waals surface area contributed by atoms with Crippen molar-refractivity contribution in [2.24, 2.45) is 11.8 Å². The van der Waals surface area contributed by atoms with E-state index >= 15 is 0 Å². The van der Waals surface area contributed by atoms with Crippen molar-refractivity contribution in [1.82, 2.24) is 5.32 Å². The van der Waals surface area contributed by atoms with E-state index in [4.69, 9.17) is 4.74 Å². The molecule has 0 aromatic heterocycles. The molecule has 4 heteroatoms. The monoisotopic (exact) mass is 250 g/mol. The molecule has 2 unspecified atom stereocenters. The van der Waals surface area contributed by atoms with Crippen LogP contribution < -0.4 is 5.32 Å². The molecule has 0 aromatic rings. The third-order valence-corrected chi connectivity index (χ3v) is 4.26. The van der Waals surface area contributed by atoms with Crippen LogP contribution in [0.3, 0.4) is 0 Å². The fraction of sp³-hybridized carbons (Fsp3) is 0.857. The van der Waals surface area contributed by atoms with Gasteiger partial charge in [-0.15, -0.1) is 0 Å². The molecule has 2 aliphatic rings. The van der Waals surface area contributed by atoms with Crippen LogP contribution >= 0.6 is 0 Å². The minimum atomic E-state index is -0.604. The first-order chi connectivity index (χ1) is 8.67. The summed E-state index contributed by atoms with van der Waals surface area (Å²) in [6.07, 6.45) is 5.62. The van der Waals surface area contributed by atoms with Crippen molar-refractivity contribution in [2.45, 2.75) is 51.0 Å². The van der Waals surface area contributed by atoms with Gasteiger partial charge >= 0.3 is 0 Å². The van der Waals surface area contributed by atoms with Crippen molar-refractivity contribution in [2.75, 3.05) is 13.2 Å². The molecule has 2 fully saturated rings. The molecule has 0 spiro atoms. The van der Waals surface area contributed by atoms with Gasteiger partial charge in [-0.2, -0.15) is 5.26 Å². The highest BCUT2D eigenvalue weighted by molar-refractivity contribution is 5.80. The van der Waals surface area contributed by atoms with Crippen LogP contribution in [0.15, 0.2) is 0 Å². The average molecular weight is 250 g/mol. The second-order valence-corrected chi connectivity index (χ2v) is 5.69. The van der Waals surface area contributed by atoms with Gasteiger partial charge in [0.2, 0.25) is 5.91 Å². The number of rotatable bonds is 2. The van der Waals surface area contributed by atoms with Gasteiger partial charge in [-0.05, 0) is 25.2 Å². The van der Waals surface area contributed by atoms with Gasteiger partial charge in [-0.25, -0.2) is 0 Å². The van der Waals surface area contributed by atoms with Crippen LogP contribution in [0.5, 0.6) is 0 Å². The van der Waals surface area contributed by atoms with E-state index in [9.17, 15) is 10.1 Å². The summed E-state index contributed by atoms with van der Waals surface area (Å²) < 4.78 is 5.36. The molecule has 2 atom stereocenters. The number of nitrogens with zero attached hydrogens (tertiary/aromatic N) is 1. The Balaban J connectivity index is 1.98. The number of ether oxygens (including phenoxy) is 1. The maximum absolute atomic E-state index is 12.3. The van der Waals surface area contributed by atoms with E-state index in [0.29, 0.717) is 13.2 Å². The van der Waals surface area contributed by atoms with Crippen molar-refractivity contribution < 1.29 is 9.53 Å². The first kappa shape index (κ1) is 13.4. The largest absolute Gasteiger partial charge is 0.381 e. The lowest BCUT2D eigenvalue weighted by atomic mass is 9.81. The molecule has 0 radical (unpaired) electrons. The highest BCUT2D eigenvalue weighted by Gasteiger charge is 2.37. The summed E-state index contributed by atoms with van der Waals surface area (Å²) in [7, 11) is 0. The highest BCUT2D eigenvalue weighted by Crippen LogP contribution is 2.29. The molecule has 1 N–H and O–H groups in total. The topological polar surface area (TPSA) is 62.1 Å². The minimum Gasteiger partial charge on any atom is -0.381 e. The fourth-order valence-corrected chi connectivity index (χ4v) is 3.02. The van der Waals surface area contributed by atoms with E-state index in [1.807, 2.05) is 6.92 Å². The van der Waals surface area contributed by atoms with Gasteiger partial charge in [0.15, 0.2) is 0 Å². The molecule has 1 amide bonds. The summed E-state index contributed by atoms with van der Waals surface area (Å²) in [5.74, 6) is 0.304. The van der Waals surface area contributed by atoms with Gasteiger partial charge in [0, 0.05) is 19.1 Å². The standard InChI is InChI=1S/C14H22N2O2/c1-11-9-18-8-5-12(11)13(17)16-14(10-15)6-3-2-4-7-14/h11-12H,2-9H2,1H3,(H,16,17). The molecule has 0 aromatic carbocycles. The van der Waals surface area contributed by atoms with Gasteiger partial charge in [0.25, 0.3) is 0 Å². The lowest BCUT2D eigenvalue weighted by molar-refractivity contribution is -0.132. The average Bonchev–Trinajstić information content (AvgIpc) is 2.40. The fourth-order valence-electron chi connectivity index (χ4n) is 3.02. The minimum absolute atomic E-state index is 0.00546. The Morgan fingerprint density at radius 1 is 1.39 bits per heavy atom. The Kier molecular flexibility index (Phi) is 4.23. The van der Waals surface area contributed by atoms with Crippen molar-refractivity contribution in [1.29, 1.82) is 5.26 Å². The molecule has 1 saturated carbocycles. The maximum Gasteiger partial charge on any atom is 0.224 e. The van der Waals surface area contributed by atoms with E-state index < -0.39 is 5.54 Å². The number of hydrogen-bond acceptors (Lipinski definition) is 3. The lowest BCUT2D eigenvalue weighted by Gasteiger charge is -2.35. The molecule has 1 heterocycles. The van der Waals surface area contributed by atoms with E-state index in [1.165, 1.54) is 6.42 Å². The predicted molar refractivity (Wildman–Crippen MR) is 67.7 cm³/mol. The third kappa shape index (κ3) is 2.84. The Labute approximate surface area is 109 Å². The zero-order chi connectivity index (χ0) is 13.0. The molecule has 1 saturated heterocycles. The first-order valence-electron chi connectivity index (χ1n) is 6.98. The van der Waals surface area contributed by atoms with Gasteiger partial charge in [0.05, 0.1) is 6.07 Å². The quantitative estimate of drug-likeness (QED) is 0.815. The molecule has 0 bridgehead atoms. The first-order valence-corrected chi connectivity index (χ1v) is 6.98. The van der Waals surface area contributed by atoms with Crippen LogP contribution in [-0.2, 0) is 9.53 Å². The molecular weight excluding hydrogens is 228 g/mol. The van der Waals surface area contributed by atoms with E-state index in [0.717, 1.165) is 32.1 Å². The van der Waals surface area contributed by atoms with Crippen LogP contribution in [-0.4, -0.2) is 24.7 Å². The number of carbonyl (C=O) groups is 1. The van der Waals surface area contributed by atoms with Gasteiger partial charge < -0.3 is 10.1 Å².